The molecule has 0 unspecified atom stereocenters. The zero-order valence-corrected chi connectivity index (χ0v) is 24.1. The Bertz CT molecular complexity index is 1620. The van der Waals surface area contributed by atoms with Gasteiger partial charge in [0.05, 0.1) is 36.3 Å². The largest absolute Gasteiger partial charge is 0.388 e. The van der Waals surface area contributed by atoms with E-state index in [1.54, 1.807) is 39.8 Å². The lowest BCUT2D eigenvalue weighted by Gasteiger charge is -2.38. The van der Waals surface area contributed by atoms with Gasteiger partial charge in [0.2, 0.25) is 0 Å². The van der Waals surface area contributed by atoms with Crippen LogP contribution in [0.3, 0.4) is 0 Å². The highest BCUT2D eigenvalue weighted by Crippen LogP contribution is 2.28. The van der Waals surface area contributed by atoms with Crippen LogP contribution in [0.1, 0.15) is 41.7 Å². The topological polar surface area (TPSA) is 102 Å². The van der Waals surface area contributed by atoms with Gasteiger partial charge in [-0.3, -0.25) is 18.7 Å². The highest BCUT2D eigenvalue weighted by atomic mass is 35.5. The molecular formula is C30H31Cl2N5O4. The maximum absolute atomic E-state index is 13.5. The Balaban J connectivity index is 1.17. The molecule has 2 N–H and O–H groups in total. The molecule has 41 heavy (non-hydrogen) atoms. The maximum atomic E-state index is 13.5. The van der Waals surface area contributed by atoms with Gasteiger partial charge >= 0.3 is 0 Å². The van der Waals surface area contributed by atoms with Crippen LogP contribution in [0.4, 0.5) is 0 Å². The summed E-state index contributed by atoms with van der Waals surface area (Å²) >= 11 is 12.5. The van der Waals surface area contributed by atoms with E-state index in [4.69, 9.17) is 27.9 Å². The summed E-state index contributed by atoms with van der Waals surface area (Å²) in [5, 5.41) is 16.1. The number of benzene rings is 2. The average Bonchev–Trinajstić information content (AvgIpc) is 3.32. The number of carbonyl (C=O) groups excluding carboxylic acids is 1. The fraction of sp³-hybridized carbons (Fsp3) is 0.367. The molecule has 1 amide bonds. The molecule has 0 saturated carbocycles. The second-order valence-corrected chi connectivity index (χ2v) is 11.8. The first-order valence-electron chi connectivity index (χ1n) is 13.7. The van der Waals surface area contributed by atoms with Crippen molar-refractivity contribution >= 4 is 40.1 Å². The van der Waals surface area contributed by atoms with Crippen LogP contribution in [0.15, 0.2) is 65.7 Å². The first-order chi connectivity index (χ1) is 19.7. The molecule has 0 bridgehead atoms. The predicted octanol–water partition coefficient (Wildman–Crippen LogP) is 4.21. The van der Waals surface area contributed by atoms with E-state index in [0.29, 0.717) is 59.3 Å². The molecule has 0 radical (unpaired) electrons. The van der Waals surface area contributed by atoms with Crippen LogP contribution in [0, 0.1) is 0 Å². The molecule has 11 heteroatoms. The molecule has 2 aliphatic rings. The number of nitrogens with zero attached hydrogens (tertiary/aromatic N) is 4. The smallest absolute Gasteiger partial charge is 0.262 e. The maximum Gasteiger partial charge on any atom is 0.262 e. The minimum atomic E-state index is -1.15. The number of rotatable bonds is 5. The van der Waals surface area contributed by atoms with Crippen molar-refractivity contribution in [3.05, 3.63) is 92.6 Å². The van der Waals surface area contributed by atoms with Crippen molar-refractivity contribution in [2.75, 3.05) is 26.2 Å². The van der Waals surface area contributed by atoms with Gasteiger partial charge in [-0.25, -0.2) is 4.98 Å². The van der Waals surface area contributed by atoms with Gasteiger partial charge < -0.3 is 20.1 Å². The van der Waals surface area contributed by atoms with Crippen LogP contribution in [0.2, 0.25) is 10.2 Å². The number of amides is 1. The number of carbonyl (C=O) groups is 1. The number of piperidine rings is 1. The number of aromatic nitrogens is 3. The Morgan fingerprint density at radius 1 is 1.12 bits per heavy atom. The Morgan fingerprint density at radius 2 is 1.83 bits per heavy atom. The fourth-order valence-electron chi connectivity index (χ4n) is 5.58. The van der Waals surface area contributed by atoms with E-state index in [2.05, 4.69) is 10.3 Å². The third-order valence-electron chi connectivity index (χ3n) is 8.03. The van der Waals surface area contributed by atoms with Crippen molar-refractivity contribution in [3.63, 3.8) is 0 Å². The van der Waals surface area contributed by atoms with Gasteiger partial charge in [-0.2, -0.15) is 0 Å². The number of aliphatic hydroxyl groups is 1. The first kappa shape index (κ1) is 27.9. The summed E-state index contributed by atoms with van der Waals surface area (Å²) in [7, 11) is 0. The van der Waals surface area contributed by atoms with Gasteiger partial charge in [0.25, 0.3) is 11.5 Å². The highest BCUT2D eigenvalue weighted by Gasteiger charge is 2.35. The Morgan fingerprint density at radius 3 is 2.49 bits per heavy atom. The molecule has 0 spiro atoms. The van der Waals surface area contributed by atoms with Crippen molar-refractivity contribution in [1.82, 2.24) is 24.3 Å². The predicted molar refractivity (Wildman–Crippen MR) is 158 cm³/mol. The zero-order chi connectivity index (χ0) is 28.7. The number of fused-ring (bicyclic) bond motifs is 1. The molecule has 0 aliphatic carbocycles. The standard InChI is InChI=1S/C30H31Cl2N5O4/c1-19-15-33-25(16-41-19)20-4-8-23(9-5-20)37-26(32)14-24-27(37)34-18-36(29(24)39)17-30(40)10-12-35(13-11-30)28(38)21-2-6-22(31)7-3-21/h2-9,14,18-19,25,33,40H,10-13,15-17H2,1H3/t19-,25-/m1/s1. The minimum Gasteiger partial charge on any atom is -0.388 e. The van der Waals surface area contributed by atoms with Gasteiger partial charge in [-0.15, -0.1) is 0 Å². The molecular weight excluding hydrogens is 565 g/mol. The lowest BCUT2D eigenvalue weighted by molar-refractivity contribution is -0.0299. The highest BCUT2D eigenvalue weighted by molar-refractivity contribution is 6.31. The second kappa shape index (κ2) is 11.2. The van der Waals surface area contributed by atoms with Gasteiger partial charge in [0.1, 0.15) is 11.5 Å². The number of hydrogen-bond acceptors (Lipinski definition) is 6. The molecule has 6 rings (SSSR count). The van der Waals surface area contributed by atoms with Crippen molar-refractivity contribution in [2.24, 2.45) is 0 Å². The minimum absolute atomic E-state index is 0.0737. The number of ether oxygens (including phenoxy) is 1. The summed E-state index contributed by atoms with van der Waals surface area (Å²) in [5.41, 5.74) is 1.48. The van der Waals surface area contributed by atoms with E-state index in [9.17, 15) is 14.7 Å². The molecule has 9 nitrogen and oxygen atoms in total. The molecule has 214 valence electrons. The molecule has 2 saturated heterocycles. The van der Waals surface area contributed by atoms with E-state index < -0.39 is 5.60 Å². The van der Waals surface area contributed by atoms with E-state index in [-0.39, 0.29) is 30.2 Å². The average molecular weight is 597 g/mol. The van der Waals surface area contributed by atoms with Crippen LogP contribution >= 0.6 is 23.2 Å². The number of morpholine rings is 1. The molecule has 4 heterocycles. The monoisotopic (exact) mass is 595 g/mol. The second-order valence-electron chi connectivity index (χ2n) is 10.9. The first-order valence-corrected chi connectivity index (χ1v) is 14.5. The summed E-state index contributed by atoms with van der Waals surface area (Å²) in [6, 6.07) is 16.5. The Kier molecular flexibility index (Phi) is 7.65. The fourth-order valence-corrected chi connectivity index (χ4v) is 5.99. The van der Waals surface area contributed by atoms with Crippen LogP contribution in [0.5, 0.6) is 0 Å². The van der Waals surface area contributed by atoms with E-state index >= 15 is 0 Å². The summed E-state index contributed by atoms with van der Waals surface area (Å²) in [6.07, 6.45) is 2.33. The van der Waals surface area contributed by atoms with Gasteiger partial charge in [-0.1, -0.05) is 35.3 Å². The molecule has 2 atom stereocenters. The molecule has 4 aromatic rings. The quantitative estimate of drug-likeness (QED) is 0.358. The molecule has 2 aliphatic heterocycles. The van der Waals surface area contributed by atoms with Crippen molar-refractivity contribution in [2.45, 2.75) is 44.1 Å². The zero-order valence-electron chi connectivity index (χ0n) is 22.6. The van der Waals surface area contributed by atoms with E-state index in [0.717, 1.165) is 17.8 Å². The number of hydrogen-bond donors (Lipinski definition) is 2. The van der Waals surface area contributed by atoms with Crippen molar-refractivity contribution < 1.29 is 14.6 Å². The molecule has 2 fully saturated rings. The Labute approximate surface area is 247 Å². The Hall–Kier alpha value is -3.21. The summed E-state index contributed by atoms with van der Waals surface area (Å²) in [6.45, 7) is 4.28. The molecule has 2 aromatic carbocycles. The third-order valence-corrected chi connectivity index (χ3v) is 8.56. The normalized spacial score (nSPS) is 20.8. The lowest BCUT2D eigenvalue weighted by atomic mass is 9.91. The van der Waals surface area contributed by atoms with Gasteiger partial charge in [-0.05, 0) is 67.8 Å². The van der Waals surface area contributed by atoms with Crippen molar-refractivity contribution in [1.29, 1.82) is 0 Å². The van der Waals surface area contributed by atoms with Crippen LogP contribution < -0.4 is 10.9 Å². The lowest BCUT2D eigenvalue weighted by Crippen LogP contribution is -2.49. The molecule has 2 aromatic heterocycles. The van der Waals surface area contributed by atoms with Crippen LogP contribution in [0.25, 0.3) is 16.7 Å². The van der Waals surface area contributed by atoms with Gasteiger partial charge in [0, 0.05) is 35.9 Å². The van der Waals surface area contributed by atoms with Crippen LogP contribution in [-0.2, 0) is 11.3 Å². The summed E-state index contributed by atoms with van der Waals surface area (Å²) in [5.74, 6) is -0.106. The van der Waals surface area contributed by atoms with Crippen molar-refractivity contribution in [3.8, 4) is 5.69 Å². The SMILES string of the molecule is C[C@@H]1CN[C@@H](c2ccc(-n3c(Cl)cc4c(=O)n(CC5(O)CCN(C(=O)c6ccc(Cl)cc6)CC5)cnc43)cc2)CO1. The van der Waals surface area contributed by atoms with E-state index in [1.165, 1.54) is 10.9 Å². The van der Waals surface area contributed by atoms with Gasteiger partial charge in [0.15, 0.2) is 5.65 Å². The van der Waals surface area contributed by atoms with Crippen LogP contribution in [-0.4, -0.2) is 68.0 Å². The number of likely N-dealkylation sites (tertiary alicyclic amines) is 1. The summed E-state index contributed by atoms with van der Waals surface area (Å²) < 4.78 is 8.95. The third kappa shape index (κ3) is 5.65. The van der Waals surface area contributed by atoms with E-state index in [1.807, 2.05) is 31.2 Å². The number of nitrogens with one attached hydrogen (secondary N) is 1. The summed E-state index contributed by atoms with van der Waals surface area (Å²) in [4.78, 5) is 32.6. The number of halogens is 2.